The van der Waals surface area contributed by atoms with Crippen molar-refractivity contribution in [3.05, 3.63) is 51.8 Å². The highest BCUT2D eigenvalue weighted by atomic mass is 16.5. The van der Waals surface area contributed by atoms with Crippen LogP contribution in [0.15, 0.2) is 29.2 Å². The predicted octanol–water partition coefficient (Wildman–Crippen LogP) is 1.35. The highest BCUT2D eigenvalue weighted by Gasteiger charge is 2.40. The molecular weight excluding hydrogens is 358 g/mol. The first-order valence-electron chi connectivity index (χ1n) is 9.35. The molecule has 1 unspecified atom stereocenters. The first-order chi connectivity index (χ1) is 13.4. The third kappa shape index (κ3) is 3.78. The Bertz CT molecular complexity index is 1050. The van der Waals surface area contributed by atoms with Gasteiger partial charge in [-0.3, -0.25) is 14.2 Å². The number of ether oxygens (including phenoxy) is 1. The highest BCUT2D eigenvalue weighted by molar-refractivity contribution is 5.43. The Morgan fingerprint density at radius 2 is 2.00 bits per heavy atom. The maximum atomic E-state index is 12.4. The van der Waals surface area contributed by atoms with E-state index in [2.05, 4.69) is 26.7 Å². The van der Waals surface area contributed by atoms with Crippen molar-refractivity contribution in [2.75, 3.05) is 11.9 Å². The molecule has 1 fully saturated rings. The van der Waals surface area contributed by atoms with Crippen molar-refractivity contribution in [1.82, 2.24) is 29.3 Å². The largest absolute Gasteiger partial charge is 0.476 e. The van der Waals surface area contributed by atoms with Crippen LogP contribution in [0.2, 0.25) is 0 Å². The molecule has 0 aromatic carbocycles. The fourth-order valence-electron chi connectivity index (χ4n) is 3.41. The van der Waals surface area contributed by atoms with Crippen LogP contribution in [0.25, 0.3) is 0 Å². The molecule has 0 radical (unpaired) electrons. The summed E-state index contributed by atoms with van der Waals surface area (Å²) in [6.45, 7) is 3.00. The van der Waals surface area contributed by atoms with Gasteiger partial charge < -0.3 is 10.1 Å². The van der Waals surface area contributed by atoms with E-state index in [9.17, 15) is 4.79 Å². The van der Waals surface area contributed by atoms with Gasteiger partial charge in [-0.2, -0.15) is 10.2 Å². The summed E-state index contributed by atoms with van der Waals surface area (Å²) in [5.74, 6) is 1.32. The van der Waals surface area contributed by atoms with Crippen molar-refractivity contribution >= 4 is 5.69 Å². The monoisotopic (exact) mass is 383 g/mol. The van der Waals surface area contributed by atoms with Crippen LogP contribution in [0.5, 0.6) is 5.88 Å². The molecule has 0 bridgehead atoms. The van der Waals surface area contributed by atoms with Gasteiger partial charge >= 0.3 is 0 Å². The second-order valence-electron chi connectivity index (χ2n) is 7.41. The number of aryl methyl sites for hydroxylation is 4. The number of aromatic nitrogens is 6. The quantitative estimate of drug-likeness (QED) is 0.662. The van der Waals surface area contributed by atoms with Crippen LogP contribution < -0.4 is 15.6 Å². The van der Waals surface area contributed by atoms with Gasteiger partial charge in [-0.1, -0.05) is 0 Å². The lowest BCUT2D eigenvalue weighted by molar-refractivity contribution is 0.278. The average Bonchev–Trinajstić information content (AvgIpc) is 3.18. The topological polar surface area (TPSA) is 91.8 Å². The number of rotatable bonds is 7. The van der Waals surface area contributed by atoms with Gasteiger partial charge in [0.25, 0.3) is 5.56 Å². The molecule has 1 N–H and O–H groups in total. The van der Waals surface area contributed by atoms with E-state index >= 15 is 0 Å². The molecular formula is C19H25N7O2. The van der Waals surface area contributed by atoms with E-state index in [1.807, 2.05) is 38.0 Å². The number of hydrogen-bond donors (Lipinski definition) is 1. The zero-order valence-electron chi connectivity index (χ0n) is 16.6. The van der Waals surface area contributed by atoms with E-state index < -0.39 is 0 Å². The van der Waals surface area contributed by atoms with E-state index in [0.29, 0.717) is 36.6 Å². The maximum Gasteiger partial charge on any atom is 0.290 e. The number of nitrogens with zero attached hydrogens (tertiary/aromatic N) is 6. The minimum absolute atomic E-state index is 0.191. The van der Waals surface area contributed by atoms with E-state index in [1.165, 1.54) is 4.68 Å². The summed E-state index contributed by atoms with van der Waals surface area (Å²) in [5.41, 5.74) is 3.32. The van der Waals surface area contributed by atoms with Gasteiger partial charge in [0.05, 0.1) is 30.2 Å². The van der Waals surface area contributed by atoms with E-state index in [0.717, 1.165) is 23.5 Å². The smallest absolute Gasteiger partial charge is 0.290 e. The maximum absolute atomic E-state index is 12.4. The first-order valence-corrected chi connectivity index (χ1v) is 9.35. The van der Waals surface area contributed by atoms with Crippen molar-refractivity contribution in [2.24, 2.45) is 27.1 Å². The third-order valence-electron chi connectivity index (χ3n) is 5.08. The lowest BCUT2D eigenvalue weighted by Crippen LogP contribution is -2.24. The van der Waals surface area contributed by atoms with E-state index in [1.54, 1.807) is 17.8 Å². The van der Waals surface area contributed by atoms with Gasteiger partial charge in [0.15, 0.2) is 0 Å². The van der Waals surface area contributed by atoms with Crippen LogP contribution in [0.1, 0.15) is 29.4 Å². The lowest BCUT2D eigenvalue weighted by Gasteiger charge is -2.10. The zero-order valence-corrected chi connectivity index (χ0v) is 16.6. The molecule has 1 aliphatic rings. The summed E-state index contributed by atoms with van der Waals surface area (Å²) in [6, 6.07) is 5.71. The number of anilines is 1. The molecule has 0 spiro atoms. The zero-order chi connectivity index (χ0) is 19.8. The van der Waals surface area contributed by atoms with Gasteiger partial charge in [0.1, 0.15) is 5.69 Å². The van der Waals surface area contributed by atoms with Crippen LogP contribution in [0.3, 0.4) is 0 Å². The fraction of sp³-hybridized carbons (Fsp3) is 0.474. The molecule has 9 heteroatoms. The minimum atomic E-state index is -0.191. The molecule has 2 atom stereocenters. The molecule has 1 aliphatic carbocycles. The number of nitrogens with one attached hydrogen (secondary N) is 1. The fourth-order valence-corrected chi connectivity index (χ4v) is 3.41. The van der Waals surface area contributed by atoms with Crippen molar-refractivity contribution < 1.29 is 4.74 Å². The molecule has 9 nitrogen and oxygen atoms in total. The lowest BCUT2D eigenvalue weighted by atomic mass is 10.2. The summed E-state index contributed by atoms with van der Waals surface area (Å²) >= 11 is 0. The standard InChI is InChI=1S/C19H25N7O2/c1-12-7-14(25(3)21-12)10-20-17-9-18(23-26(4)19(17)27)28-11-13-8-15(13)16-5-6-24(2)22-16/h5-7,9,13,15,20H,8,10-11H2,1-4H3/t13?,15-/m1/s1. The second kappa shape index (κ2) is 7.14. The molecule has 0 aliphatic heterocycles. The first kappa shape index (κ1) is 18.3. The van der Waals surface area contributed by atoms with Gasteiger partial charge in [-0.25, -0.2) is 4.68 Å². The molecule has 148 valence electrons. The van der Waals surface area contributed by atoms with Gasteiger partial charge in [0, 0.05) is 45.2 Å². The Morgan fingerprint density at radius 3 is 2.68 bits per heavy atom. The predicted molar refractivity (Wildman–Crippen MR) is 104 cm³/mol. The molecule has 4 rings (SSSR count). The Labute approximate surface area is 162 Å². The summed E-state index contributed by atoms with van der Waals surface area (Å²) in [4.78, 5) is 12.4. The third-order valence-corrected chi connectivity index (χ3v) is 5.08. The molecule has 3 heterocycles. The Kier molecular flexibility index (Phi) is 4.66. The molecule has 3 aromatic heterocycles. The summed E-state index contributed by atoms with van der Waals surface area (Å²) in [6.07, 6.45) is 3.02. The highest BCUT2D eigenvalue weighted by Crippen LogP contribution is 2.46. The molecule has 1 saturated carbocycles. The molecule has 0 saturated heterocycles. The Balaban J connectivity index is 1.39. The van der Waals surface area contributed by atoms with E-state index in [-0.39, 0.29) is 5.56 Å². The second-order valence-corrected chi connectivity index (χ2v) is 7.41. The normalized spacial score (nSPS) is 18.3. The van der Waals surface area contributed by atoms with Crippen LogP contribution in [-0.2, 0) is 27.7 Å². The average molecular weight is 383 g/mol. The van der Waals surface area contributed by atoms with Crippen molar-refractivity contribution in [3.8, 4) is 5.88 Å². The Hall–Kier alpha value is -3.10. The van der Waals surface area contributed by atoms with Crippen LogP contribution >= 0.6 is 0 Å². The Morgan fingerprint density at radius 1 is 1.18 bits per heavy atom. The van der Waals surface area contributed by atoms with Gasteiger partial charge in [-0.05, 0) is 25.5 Å². The summed E-state index contributed by atoms with van der Waals surface area (Å²) in [7, 11) is 5.44. The van der Waals surface area contributed by atoms with Gasteiger partial charge in [-0.15, -0.1) is 5.10 Å². The van der Waals surface area contributed by atoms with Crippen molar-refractivity contribution in [2.45, 2.75) is 25.8 Å². The van der Waals surface area contributed by atoms with Crippen molar-refractivity contribution in [1.29, 1.82) is 0 Å². The minimum Gasteiger partial charge on any atom is -0.476 e. The van der Waals surface area contributed by atoms with Crippen LogP contribution in [-0.4, -0.2) is 35.9 Å². The number of hydrogen-bond acceptors (Lipinski definition) is 6. The van der Waals surface area contributed by atoms with Crippen LogP contribution in [0.4, 0.5) is 5.69 Å². The molecule has 0 amide bonds. The molecule has 3 aromatic rings. The SMILES string of the molecule is Cc1cc(CNc2cc(OCC3C[C@H]3c3ccn(C)n3)nn(C)c2=O)n(C)n1. The summed E-state index contributed by atoms with van der Waals surface area (Å²) < 4.78 is 10.8. The van der Waals surface area contributed by atoms with Crippen molar-refractivity contribution in [3.63, 3.8) is 0 Å². The molecule has 28 heavy (non-hydrogen) atoms. The van der Waals surface area contributed by atoms with E-state index in [4.69, 9.17) is 4.74 Å². The van der Waals surface area contributed by atoms with Crippen LogP contribution in [0, 0.1) is 12.8 Å². The van der Waals surface area contributed by atoms with Gasteiger partial charge in [0.2, 0.25) is 5.88 Å². The summed E-state index contributed by atoms with van der Waals surface area (Å²) in [5, 5.41) is 16.2.